The Kier molecular flexibility index (Phi) is 8.15. The van der Waals surface area contributed by atoms with E-state index in [1.54, 1.807) is 14.2 Å². The number of benzene rings is 1. The van der Waals surface area contributed by atoms with Crippen molar-refractivity contribution in [2.24, 2.45) is 0 Å². The van der Waals surface area contributed by atoms with E-state index in [4.69, 9.17) is 14.2 Å². The number of hydrogen-bond donors (Lipinski definition) is 0. The molecule has 1 fully saturated rings. The highest BCUT2D eigenvalue weighted by Gasteiger charge is 2.23. The number of piperidine rings is 1. The highest BCUT2D eigenvalue weighted by atomic mass is 16.5. The van der Waals surface area contributed by atoms with E-state index in [0.29, 0.717) is 12.6 Å². The van der Waals surface area contributed by atoms with Crippen molar-refractivity contribution in [1.29, 1.82) is 0 Å². The average Bonchev–Trinajstić information content (AvgIpc) is 3.07. The van der Waals surface area contributed by atoms with Crippen LogP contribution in [0.15, 0.2) is 24.3 Å². The van der Waals surface area contributed by atoms with Gasteiger partial charge in [0, 0.05) is 43.2 Å². The van der Waals surface area contributed by atoms with Crippen molar-refractivity contribution in [2.45, 2.75) is 52.7 Å². The van der Waals surface area contributed by atoms with Gasteiger partial charge in [0.05, 0.1) is 26.9 Å². The second-order valence-corrected chi connectivity index (χ2v) is 8.23. The standard InChI is InChI=1S/C25H36N2O4/c1-6-31-21-10-12-26(13-11-21)17-23(28)22-15-18(2)27(19(22)3)14-9-20-7-8-24(29-4)25(16-20)30-5/h7-8,15-16,21H,6,9-14,17H2,1-5H3. The highest BCUT2D eigenvalue weighted by Crippen LogP contribution is 2.28. The predicted octanol–water partition coefficient (Wildman–Crippen LogP) is 4.05. The molecule has 31 heavy (non-hydrogen) atoms. The maximum Gasteiger partial charge on any atom is 0.178 e. The molecule has 0 unspecified atom stereocenters. The molecule has 3 rings (SSSR count). The number of aromatic nitrogens is 1. The first-order valence-electron chi connectivity index (χ1n) is 11.2. The molecule has 1 aliphatic rings. The zero-order valence-electron chi connectivity index (χ0n) is 19.6. The molecule has 0 radical (unpaired) electrons. The molecule has 6 nitrogen and oxygen atoms in total. The third-order valence-corrected chi connectivity index (χ3v) is 6.25. The van der Waals surface area contributed by atoms with Crippen molar-refractivity contribution in [2.75, 3.05) is 40.5 Å². The van der Waals surface area contributed by atoms with Gasteiger partial charge >= 0.3 is 0 Å². The minimum Gasteiger partial charge on any atom is -0.493 e. The average molecular weight is 429 g/mol. The van der Waals surface area contributed by atoms with Gasteiger partial charge < -0.3 is 18.8 Å². The number of hydrogen-bond acceptors (Lipinski definition) is 5. The summed E-state index contributed by atoms with van der Waals surface area (Å²) in [6.07, 6.45) is 3.21. The third-order valence-electron chi connectivity index (χ3n) is 6.25. The minimum atomic E-state index is 0.209. The molecular formula is C25H36N2O4. The quantitative estimate of drug-likeness (QED) is 0.535. The van der Waals surface area contributed by atoms with E-state index in [1.807, 2.05) is 25.1 Å². The summed E-state index contributed by atoms with van der Waals surface area (Å²) in [7, 11) is 3.29. The number of aryl methyl sites for hydroxylation is 2. The molecule has 1 saturated heterocycles. The first-order valence-corrected chi connectivity index (χ1v) is 11.2. The van der Waals surface area contributed by atoms with Crippen molar-refractivity contribution in [1.82, 2.24) is 9.47 Å². The summed E-state index contributed by atoms with van der Waals surface area (Å²) < 4.78 is 18.7. The van der Waals surface area contributed by atoms with Crippen molar-refractivity contribution in [3.05, 3.63) is 46.8 Å². The van der Waals surface area contributed by atoms with Crippen LogP contribution in [0.2, 0.25) is 0 Å². The number of rotatable bonds is 10. The van der Waals surface area contributed by atoms with Gasteiger partial charge in [0.15, 0.2) is 17.3 Å². The van der Waals surface area contributed by atoms with E-state index in [1.165, 1.54) is 5.56 Å². The monoisotopic (exact) mass is 428 g/mol. The number of methoxy groups -OCH3 is 2. The van der Waals surface area contributed by atoms with Gasteiger partial charge in [-0.2, -0.15) is 0 Å². The second-order valence-electron chi connectivity index (χ2n) is 8.23. The Morgan fingerprint density at radius 2 is 1.77 bits per heavy atom. The molecule has 0 atom stereocenters. The van der Waals surface area contributed by atoms with Crippen LogP contribution in [0.5, 0.6) is 11.5 Å². The van der Waals surface area contributed by atoms with Crippen LogP contribution in [0, 0.1) is 13.8 Å². The molecule has 0 spiro atoms. The highest BCUT2D eigenvalue weighted by molar-refractivity contribution is 5.99. The van der Waals surface area contributed by atoms with Crippen LogP contribution in [-0.2, 0) is 17.7 Å². The Morgan fingerprint density at radius 1 is 1.06 bits per heavy atom. The molecule has 1 aromatic heterocycles. The Labute approximate surface area is 186 Å². The molecular weight excluding hydrogens is 392 g/mol. The number of ether oxygens (including phenoxy) is 3. The number of carbonyl (C=O) groups excluding carboxylic acids is 1. The summed E-state index contributed by atoms with van der Waals surface area (Å²) in [4.78, 5) is 15.3. The van der Waals surface area contributed by atoms with Gasteiger partial charge in [0.2, 0.25) is 0 Å². The third kappa shape index (κ3) is 5.69. The minimum absolute atomic E-state index is 0.209. The largest absolute Gasteiger partial charge is 0.493 e. The fourth-order valence-electron chi connectivity index (χ4n) is 4.46. The number of carbonyl (C=O) groups is 1. The Hall–Kier alpha value is -2.31. The van der Waals surface area contributed by atoms with E-state index < -0.39 is 0 Å². The van der Waals surface area contributed by atoms with E-state index >= 15 is 0 Å². The zero-order valence-corrected chi connectivity index (χ0v) is 19.6. The Balaban J connectivity index is 1.62. The molecule has 2 aromatic rings. The smallest absolute Gasteiger partial charge is 0.178 e. The summed E-state index contributed by atoms with van der Waals surface area (Å²) in [5.74, 6) is 1.68. The maximum absolute atomic E-state index is 13.0. The van der Waals surface area contributed by atoms with Crippen LogP contribution in [0.25, 0.3) is 0 Å². The molecule has 0 aliphatic carbocycles. The summed E-state index contributed by atoms with van der Waals surface area (Å²) in [6, 6.07) is 8.06. The second kappa shape index (κ2) is 10.8. The van der Waals surface area contributed by atoms with E-state index in [2.05, 4.69) is 29.4 Å². The fourth-order valence-corrected chi connectivity index (χ4v) is 4.46. The molecule has 2 heterocycles. The summed E-state index contributed by atoms with van der Waals surface area (Å²) >= 11 is 0. The number of ketones is 1. The van der Waals surface area contributed by atoms with Crippen LogP contribution < -0.4 is 9.47 Å². The van der Waals surface area contributed by atoms with Crippen molar-refractivity contribution >= 4 is 5.78 Å². The zero-order chi connectivity index (χ0) is 22.4. The van der Waals surface area contributed by atoms with Gasteiger partial charge in [0.1, 0.15) is 0 Å². The molecule has 1 aromatic carbocycles. The van der Waals surface area contributed by atoms with Gasteiger partial charge in [-0.3, -0.25) is 9.69 Å². The lowest BCUT2D eigenvalue weighted by Crippen LogP contribution is -2.40. The Morgan fingerprint density at radius 3 is 2.42 bits per heavy atom. The summed E-state index contributed by atoms with van der Waals surface area (Å²) in [6.45, 7) is 10.1. The van der Waals surface area contributed by atoms with Gasteiger partial charge in [0.25, 0.3) is 0 Å². The molecule has 6 heteroatoms. The number of nitrogens with zero attached hydrogens (tertiary/aromatic N) is 2. The van der Waals surface area contributed by atoms with Crippen LogP contribution in [0.3, 0.4) is 0 Å². The summed E-state index contributed by atoms with van der Waals surface area (Å²) in [5.41, 5.74) is 4.19. The van der Waals surface area contributed by atoms with E-state index in [9.17, 15) is 4.79 Å². The summed E-state index contributed by atoms with van der Waals surface area (Å²) in [5, 5.41) is 0. The molecule has 170 valence electrons. The van der Waals surface area contributed by atoms with Gasteiger partial charge in [-0.15, -0.1) is 0 Å². The maximum atomic E-state index is 13.0. The lowest BCUT2D eigenvalue weighted by molar-refractivity contribution is 0.0147. The number of Topliss-reactive ketones (excluding diaryl/α,β-unsaturated/α-hetero) is 1. The SMILES string of the molecule is CCOC1CCN(CC(=O)c2cc(C)n(CCc3ccc(OC)c(OC)c3)c2C)CC1. The van der Waals surface area contributed by atoms with Crippen molar-refractivity contribution in [3.63, 3.8) is 0 Å². The molecule has 0 saturated carbocycles. The van der Waals surface area contributed by atoms with Crippen LogP contribution in [0.1, 0.15) is 47.1 Å². The molecule has 0 N–H and O–H groups in total. The lowest BCUT2D eigenvalue weighted by atomic mass is 10.1. The van der Waals surface area contributed by atoms with E-state index in [0.717, 1.165) is 74.0 Å². The fraction of sp³-hybridized carbons (Fsp3) is 0.560. The van der Waals surface area contributed by atoms with Gasteiger partial charge in [-0.05, 0) is 63.8 Å². The van der Waals surface area contributed by atoms with Crippen LogP contribution in [0.4, 0.5) is 0 Å². The molecule has 0 bridgehead atoms. The van der Waals surface area contributed by atoms with Crippen molar-refractivity contribution in [3.8, 4) is 11.5 Å². The van der Waals surface area contributed by atoms with E-state index in [-0.39, 0.29) is 5.78 Å². The van der Waals surface area contributed by atoms with Gasteiger partial charge in [-0.25, -0.2) is 0 Å². The van der Waals surface area contributed by atoms with Crippen LogP contribution >= 0.6 is 0 Å². The molecule has 0 amide bonds. The normalized spacial score (nSPS) is 15.3. The first kappa shape index (κ1) is 23.4. The molecule has 1 aliphatic heterocycles. The van der Waals surface area contributed by atoms with Gasteiger partial charge in [-0.1, -0.05) is 6.07 Å². The topological polar surface area (TPSA) is 52.9 Å². The first-order chi connectivity index (χ1) is 15.0. The van der Waals surface area contributed by atoms with Crippen LogP contribution in [-0.4, -0.2) is 61.8 Å². The lowest BCUT2D eigenvalue weighted by Gasteiger charge is -2.31. The number of likely N-dealkylation sites (tertiary alicyclic amines) is 1. The van der Waals surface area contributed by atoms with Crippen molar-refractivity contribution < 1.29 is 19.0 Å². The predicted molar refractivity (Wildman–Crippen MR) is 123 cm³/mol. The Bertz CT molecular complexity index is 882.